The van der Waals surface area contributed by atoms with E-state index in [1.165, 1.54) is 51.4 Å². The van der Waals surface area contributed by atoms with Crippen LogP contribution < -0.4 is 0 Å². The SMILES string of the molecule is C1=C[C@]2(CCC1)CC[C@@]21C=CCCC1. The summed E-state index contributed by atoms with van der Waals surface area (Å²) >= 11 is 0. The molecular formula is C14H20. The van der Waals surface area contributed by atoms with Gasteiger partial charge in [0.05, 0.1) is 0 Å². The predicted molar refractivity (Wildman–Crippen MR) is 60.1 cm³/mol. The van der Waals surface area contributed by atoms with E-state index >= 15 is 0 Å². The number of rotatable bonds is 0. The highest BCUT2D eigenvalue weighted by molar-refractivity contribution is 5.25. The lowest BCUT2D eigenvalue weighted by molar-refractivity contribution is -0.0200. The zero-order valence-electron chi connectivity index (χ0n) is 8.97. The molecule has 1 saturated carbocycles. The van der Waals surface area contributed by atoms with Crippen molar-refractivity contribution >= 4 is 0 Å². The van der Waals surface area contributed by atoms with Crippen molar-refractivity contribution in [3.63, 3.8) is 0 Å². The third-order valence-corrected chi connectivity index (χ3v) is 4.87. The molecule has 3 aliphatic carbocycles. The molecule has 76 valence electrons. The highest BCUT2D eigenvalue weighted by Crippen LogP contribution is 2.65. The monoisotopic (exact) mass is 188 g/mol. The van der Waals surface area contributed by atoms with E-state index in [-0.39, 0.29) is 0 Å². The van der Waals surface area contributed by atoms with E-state index < -0.39 is 0 Å². The van der Waals surface area contributed by atoms with Gasteiger partial charge in [0.15, 0.2) is 0 Å². The van der Waals surface area contributed by atoms with Crippen molar-refractivity contribution in [2.24, 2.45) is 10.8 Å². The van der Waals surface area contributed by atoms with Crippen molar-refractivity contribution in [3.8, 4) is 0 Å². The Morgan fingerprint density at radius 2 is 1.14 bits per heavy atom. The molecule has 0 saturated heterocycles. The van der Waals surface area contributed by atoms with Gasteiger partial charge in [-0.3, -0.25) is 0 Å². The molecule has 0 radical (unpaired) electrons. The van der Waals surface area contributed by atoms with E-state index in [1.54, 1.807) is 0 Å². The van der Waals surface area contributed by atoms with E-state index in [4.69, 9.17) is 0 Å². The lowest BCUT2D eigenvalue weighted by atomic mass is 9.44. The fourth-order valence-corrected chi connectivity index (χ4v) is 3.87. The molecule has 2 atom stereocenters. The molecule has 0 unspecified atom stereocenters. The molecule has 1 fully saturated rings. The first-order chi connectivity index (χ1) is 6.87. The Labute approximate surface area is 87.1 Å². The van der Waals surface area contributed by atoms with Crippen molar-refractivity contribution in [3.05, 3.63) is 24.3 Å². The lowest BCUT2D eigenvalue weighted by Gasteiger charge is -2.59. The Kier molecular flexibility index (Phi) is 1.87. The number of hydrogen-bond donors (Lipinski definition) is 0. The van der Waals surface area contributed by atoms with Gasteiger partial charge in [-0.2, -0.15) is 0 Å². The van der Waals surface area contributed by atoms with Crippen LogP contribution in [-0.4, -0.2) is 0 Å². The van der Waals surface area contributed by atoms with Crippen LogP contribution in [0.2, 0.25) is 0 Å². The summed E-state index contributed by atoms with van der Waals surface area (Å²) in [6, 6.07) is 0. The quantitative estimate of drug-likeness (QED) is 0.499. The predicted octanol–water partition coefficient (Wildman–Crippen LogP) is 4.23. The largest absolute Gasteiger partial charge is 0.0879 e. The zero-order chi connectivity index (χ0) is 9.49. The molecule has 0 aromatic carbocycles. The summed E-state index contributed by atoms with van der Waals surface area (Å²) in [7, 11) is 0. The van der Waals surface area contributed by atoms with Gasteiger partial charge in [-0.05, 0) is 62.2 Å². The number of allylic oxidation sites excluding steroid dienone is 4. The molecule has 14 heavy (non-hydrogen) atoms. The van der Waals surface area contributed by atoms with Gasteiger partial charge in [0.2, 0.25) is 0 Å². The molecule has 0 amide bonds. The van der Waals surface area contributed by atoms with Crippen LogP contribution in [0.4, 0.5) is 0 Å². The molecule has 0 bridgehead atoms. The maximum absolute atomic E-state index is 2.57. The first-order valence-corrected chi connectivity index (χ1v) is 6.22. The average molecular weight is 188 g/mol. The molecule has 3 aliphatic rings. The smallest absolute Gasteiger partial charge is 0.00269 e. The molecule has 0 aliphatic heterocycles. The second-order valence-corrected chi connectivity index (χ2v) is 5.40. The van der Waals surface area contributed by atoms with Crippen LogP contribution in [0.15, 0.2) is 24.3 Å². The average Bonchev–Trinajstić information content (AvgIpc) is 2.30. The highest BCUT2D eigenvalue weighted by atomic mass is 14.6. The molecule has 0 aromatic rings. The third kappa shape index (κ3) is 1.00. The van der Waals surface area contributed by atoms with Crippen LogP contribution in [0.3, 0.4) is 0 Å². The second kappa shape index (κ2) is 2.98. The number of hydrogen-bond acceptors (Lipinski definition) is 0. The Hall–Kier alpha value is -0.520. The minimum absolute atomic E-state index is 0.599. The fourth-order valence-electron chi connectivity index (χ4n) is 3.87. The molecule has 0 heterocycles. The van der Waals surface area contributed by atoms with Gasteiger partial charge < -0.3 is 0 Å². The zero-order valence-corrected chi connectivity index (χ0v) is 8.97. The van der Waals surface area contributed by atoms with Crippen LogP contribution in [0.25, 0.3) is 0 Å². The third-order valence-electron chi connectivity index (χ3n) is 4.87. The van der Waals surface area contributed by atoms with Gasteiger partial charge in [0.1, 0.15) is 0 Å². The van der Waals surface area contributed by atoms with Crippen LogP contribution in [0.1, 0.15) is 51.4 Å². The van der Waals surface area contributed by atoms with Crippen molar-refractivity contribution in [2.75, 3.05) is 0 Å². The van der Waals surface area contributed by atoms with E-state index in [0.29, 0.717) is 10.8 Å². The minimum atomic E-state index is 0.599. The van der Waals surface area contributed by atoms with E-state index in [9.17, 15) is 0 Å². The van der Waals surface area contributed by atoms with Crippen molar-refractivity contribution < 1.29 is 0 Å². The van der Waals surface area contributed by atoms with Crippen LogP contribution in [0.5, 0.6) is 0 Å². The molecule has 2 spiro atoms. The van der Waals surface area contributed by atoms with Crippen molar-refractivity contribution in [1.29, 1.82) is 0 Å². The number of fused-ring (bicyclic) bond motifs is 1. The van der Waals surface area contributed by atoms with Gasteiger partial charge in [-0.1, -0.05) is 24.3 Å². The summed E-state index contributed by atoms with van der Waals surface area (Å²) in [5.74, 6) is 0. The molecular weight excluding hydrogens is 168 g/mol. The maximum atomic E-state index is 2.57. The molecule has 0 nitrogen and oxygen atoms in total. The summed E-state index contributed by atoms with van der Waals surface area (Å²) < 4.78 is 0. The highest BCUT2D eigenvalue weighted by Gasteiger charge is 2.55. The topological polar surface area (TPSA) is 0 Å². The van der Waals surface area contributed by atoms with Gasteiger partial charge in [0, 0.05) is 0 Å². The summed E-state index contributed by atoms with van der Waals surface area (Å²) in [5.41, 5.74) is 1.20. The molecule has 3 rings (SSSR count). The standard InChI is InChI=1S/C14H20/c1-3-7-13(8-4-1)11-12-14(13)9-5-2-6-10-14/h3,5,7,9H,1-2,4,6,8,10-12H2/t13-,14-/m0/s1. The maximum Gasteiger partial charge on any atom is -0.00269 e. The Balaban J connectivity index is 1.93. The fraction of sp³-hybridized carbons (Fsp3) is 0.714. The Morgan fingerprint density at radius 3 is 1.43 bits per heavy atom. The first kappa shape index (κ1) is 8.76. The van der Waals surface area contributed by atoms with E-state index in [2.05, 4.69) is 24.3 Å². The minimum Gasteiger partial charge on any atom is -0.0879 e. The summed E-state index contributed by atoms with van der Waals surface area (Å²) in [6.07, 6.45) is 21.3. The van der Waals surface area contributed by atoms with Crippen LogP contribution >= 0.6 is 0 Å². The molecule has 0 N–H and O–H groups in total. The normalized spacial score (nSPS) is 45.7. The van der Waals surface area contributed by atoms with Crippen LogP contribution in [0, 0.1) is 10.8 Å². The van der Waals surface area contributed by atoms with E-state index in [0.717, 1.165) is 0 Å². The summed E-state index contributed by atoms with van der Waals surface area (Å²) in [4.78, 5) is 0. The van der Waals surface area contributed by atoms with Gasteiger partial charge in [0.25, 0.3) is 0 Å². The molecule has 0 aromatic heterocycles. The van der Waals surface area contributed by atoms with Crippen molar-refractivity contribution in [2.45, 2.75) is 51.4 Å². The van der Waals surface area contributed by atoms with Crippen LogP contribution in [-0.2, 0) is 0 Å². The van der Waals surface area contributed by atoms with Gasteiger partial charge >= 0.3 is 0 Å². The summed E-state index contributed by atoms with van der Waals surface area (Å²) in [5, 5.41) is 0. The van der Waals surface area contributed by atoms with Gasteiger partial charge in [-0.25, -0.2) is 0 Å². The van der Waals surface area contributed by atoms with Gasteiger partial charge in [-0.15, -0.1) is 0 Å². The molecule has 0 heteroatoms. The summed E-state index contributed by atoms with van der Waals surface area (Å²) in [6.45, 7) is 0. The first-order valence-electron chi connectivity index (χ1n) is 6.22. The Morgan fingerprint density at radius 1 is 0.643 bits per heavy atom. The van der Waals surface area contributed by atoms with E-state index in [1.807, 2.05) is 0 Å². The Bertz CT molecular complexity index is 256. The van der Waals surface area contributed by atoms with Crippen molar-refractivity contribution in [1.82, 2.24) is 0 Å². The lowest BCUT2D eigenvalue weighted by Crippen LogP contribution is -2.50. The second-order valence-electron chi connectivity index (χ2n) is 5.40.